The summed E-state index contributed by atoms with van der Waals surface area (Å²) in [6.45, 7) is 3.88. The van der Waals surface area contributed by atoms with Crippen LogP contribution in [0.25, 0.3) is 0 Å². The monoisotopic (exact) mass is 294 g/mol. The van der Waals surface area contributed by atoms with E-state index >= 15 is 0 Å². The molecule has 86 valence electrons. The minimum atomic E-state index is -0.353. The first kappa shape index (κ1) is 14.8. The van der Waals surface area contributed by atoms with Gasteiger partial charge in [0.05, 0.1) is 18.3 Å². The molecule has 1 atom stereocenters. The Hall–Kier alpha value is -0.160. The largest absolute Gasteiger partial charge is 0.396 e. The third-order valence-electron chi connectivity index (χ3n) is 2.30. The summed E-state index contributed by atoms with van der Waals surface area (Å²) < 4.78 is 0.763. The van der Waals surface area contributed by atoms with E-state index in [0.29, 0.717) is 0 Å². The number of halogens is 2. The first-order valence-electron chi connectivity index (χ1n) is 4.46. The molecule has 0 fully saturated rings. The lowest BCUT2D eigenvalue weighted by Crippen LogP contribution is -2.33. The number of rotatable bonds is 3. The van der Waals surface area contributed by atoms with E-state index in [2.05, 4.69) is 20.9 Å². The van der Waals surface area contributed by atoms with Crippen LogP contribution in [0.4, 0.5) is 0 Å². The second-order valence-corrected chi connectivity index (χ2v) is 4.82. The predicted molar refractivity (Wildman–Crippen MR) is 67.0 cm³/mol. The Morgan fingerprint density at radius 3 is 2.60 bits per heavy atom. The summed E-state index contributed by atoms with van der Waals surface area (Å²) in [6, 6.07) is 5.35. The van der Waals surface area contributed by atoms with Gasteiger partial charge >= 0.3 is 0 Å². The van der Waals surface area contributed by atoms with Crippen LogP contribution in [0.2, 0.25) is 0 Å². The maximum Gasteiger partial charge on any atom is 0.106 e. The van der Waals surface area contributed by atoms with E-state index in [0.717, 1.165) is 10.3 Å². The highest BCUT2D eigenvalue weighted by Gasteiger charge is 2.27. The molecule has 3 N–H and O–H groups in total. The molecule has 0 radical (unpaired) electrons. The molecule has 1 aromatic rings. The average Bonchev–Trinajstić information content (AvgIpc) is 2.16. The van der Waals surface area contributed by atoms with Crippen LogP contribution in [0.1, 0.15) is 25.6 Å². The van der Waals surface area contributed by atoms with Crippen molar-refractivity contribution in [2.75, 3.05) is 6.61 Å². The number of aromatic nitrogens is 1. The normalized spacial score (nSPS) is 13.1. The molecule has 0 unspecified atom stereocenters. The molecule has 0 spiro atoms. The van der Waals surface area contributed by atoms with E-state index in [1.807, 2.05) is 32.0 Å². The molecule has 0 saturated heterocycles. The summed E-state index contributed by atoms with van der Waals surface area (Å²) in [4.78, 5) is 4.27. The molecule has 1 heterocycles. The van der Waals surface area contributed by atoms with Crippen LogP contribution in [0.15, 0.2) is 22.8 Å². The van der Waals surface area contributed by atoms with Gasteiger partial charge in [-0.05, 0) is 28.1 Å². The molecule has 15 heavy (non-hydrogen) atoms. The SMILES string of the molecule is CC(C)(CO)[C@H](N)c1cccc(Br)n1.Cl. The predicted octanol–water partition coefficient (Wildman–Crippen LogP) is 2.28. The minimum Gasteiger partial charge on any atom is -0.396 e. The first-order chi connectivity index (χ1) is 6.47. The van der Waals surface area contributed by atoms with Crippen molar-refractivity contribution in [3.63, 3.8) is 0 Å². The number of pyridine rings is 1. The number of aliphatic hydroxyl groups is 1. The summed E-state index contributed by atoms with van der Waals surface area (Å²) in [5.74, 6) is 0. The molecule has 1 aromatic heterocycles. The zero-order valence-electron chi connectivity index (χ0n) is 8.77. The Balaban J connectivity index is 0.00000196. The molecule has 3 nitrogen and oxygen atoms in total. The topological polar surface area (TPSA) is 59.1 Å². The number of hydrogen-bond acceptors (Lipinski definition) is 3. The molecule has 0 amide bonds. The summed E-state index contributed by atoms with van der Waals surface area (Å²) in [7, 11) is 0. The van der Waals surface area contributed by atoms with Crippen LogP contribution < -0.4 is 5.73 Å². The van der Waals surface area contributed by atoms with Gasteiger partial charge in [-0.1, -0.05) is 19.9 Å². The summed E-state index contributed by atoms with van der Waals surface area (Å²) in [6.07, 6.45) is 0. The van der Waals surface area contributed by atoms with E-state index in [9.17, 15) is 5.11 Å². The van der Waals surface area contributed by atoms with Crippen molar-refractivity contribution in [2.45, 2.75) is 19.9 Å². The summed E-state index contributed by atoms with van der Waals surface area (Å²) in [5.41, 5.74) is 6.45. The van der Waals surface area contributed by atoms with Gasteiger partial charge in [0.25, 0.3) is 0 Å². The maximum absolute atomic E-state index is 9.18. The molecule has 0 aromatic carbocycles. The third-order valence-corrected chi connectivity index (χ3v) is 2.75. The van der Waals surface area contributed by atoms with E-state index in [-0.39, 0.29) is 30.5 Å². The molecule has 0 aliphatic heterocycles. The van der Waals surface area contributed by atoms with E-state index in [1.165, 1.54) is 0 Å². The van der Waals surface area contributed by atoms with Gasteiger partial charge in [-0.15, -0.1) is 12.4 Å². The van der Waals surface area contributed by atoms with Gasteiger partial charge in [0.2, 0.25) is 0 Å². The van der Waals surface area contributed by atoms with Gasteiger partial charge in [0.1, 0.15) is 4.60 Å². The van der Waals surface area contributed by atoms with Gasteiger partial charge in [-0.3, -0.25) is 0 Å². The van der Waals surface area contributed by atoms with Crippen molar-refractivity contribution in [2.24, 2.45) is 11.1 Å². The lowest BCUT2D eigenvalue weighted by Gasteiger charge is -2.28. The van der Waals surface area contributed by atoms with Gasteiger partial charge in [0, 0.05) is 5.41 Å². The number of aliphatic hydroxyl groups excluding tert-OH is 1. The Morgan fingerprint density at radius 2 is 2.13 bits per heavy atom. The Kier molecular flexibility index (Phi) is 5.73. The van der Waals surface area contributed by atoms with Crippen LogP contribution >= 0.6 is 28.3 Å². The van der Waals surface area contributed by atoms with Crippen molar-refractivity contribution < 1.29 is 5.11 Å². The molecule has 1 rings (SSSR count). The summed E-state index contributed by atoms with van der Waals surface area (Å²) >= 11 is 3.29. The molecule has 0 aliphatic carbocycles. The fraction of sp³-hybridized carbons (Fsp3) is 0.500. The zero-order chi connectivity index (χ0) is 10.8. The van der Waals surface area contributed by atoms with Crippen LogP contribution in [-0.4, -0.2) is 16.7 Å². The average molecular weight is 296 g/mol. The third kappa shape index (κ3) is 3.72. The Labute approximate surface area is 105 Å². The van der Waals surface area contributed by atoms with Crippen LogP contribution in [-0.2, 0) is 0 Å². The van der Waals surface area contributed by atoms with Gasteiger partial charge in [-0.2, -0.15) is 0 Å². The van der Waals surface area contributed by atoms with Crippen molar-refractivity contribution in [1.82, 2.24) is 4.98 Å². The zero-order valence-corrected chi connectivity index (χ0v) is 11.2. The maximum atomic E-state index is 9.18. The highest BCUT2D eigenvalue weighted by molar-refractivity contribution is 9.10. The lowest BCUT2D eigenvalue weighted by atomic mass is 9.84. The number of hydrogen-bond donors (Lipinski definition) is 2. The van der Waals surface area contributed by atoms with Gasteiger partial charge in [-0.25, -0.2) is 4.98 Å². The molecule has 0 aliphatic rings. The van der Waals surface area contributed by atoms with Gasteiger partial charge < -0.3 is 10.8 Å². The summed E-state index contributed by atoms with van der Waals surface area (Å²) in [5, 5.41) is 9.18. The molecular weight excluding hydrogens is 279 g/mol. The Morgan fingerprint density at radius 1 is 1.53 bits per heavy atom. The second kappa shape index (κ2) is 5.80. The van der Waals surface area contributed by atoms with Crippen molar-refractivity contribution in [1.29, 1.82) is 0 Å². The lowest BCUT2D eigenvalue weighted by molar-refractivity contribution is 0.130. The quantitative estimate of drug-likeness (QED) is 0.841. The van der Waals surface area contributed by atoms with E-state index in [1.54, 1.807) is 0 Å². The van der Waals surface area contributed by atoms with Gasteiger partial charge in [0.15, 0.2) is 0 Å². The fourth-order valence-corrected chi connectivity index (χ4v) is 1.45. The van der Waals surface area contributed by atoms with Crippen molar-refractivity contribution >= 4 is 28.3 Å². The fourth-order valence-electron chi connectivity index (χ4n) is 1.10. The van der Waals surface area contributed by atoms with Crippen LogP contribution in [0, 0.1) is 5.41 Å². The highest BCUT2D eigenvalue weighted by Crippen LogP contribution is 2.29. The van der Waals surface area contributed by atoms with Crippen molar-refractivity contribution in [3.05, 3.63) is 28.5 Å². The Bertz CT molecular complexity index is 320. The smallest absolute Gasteiger partial charge is 0.106 e. The molecule has 5 heteroatoms. The molecule has 0 bridgehead atoms. The van der Waals surface area contributed by atoms with Crippen LogP contribution in [0.5, 0.6) is 0 Å². The standard InChI is InChI=1S/C10H15BrN2O.ClH/c1-10(2,6-14)9(12)7-4-3-5-8(11)13-7;/h3-5,9,14H,6,12H2,1-2H3;1H/t9-;/m1./s1. The minimum absolute atomic E-state index is 0. The van der Waals surface area contributed by atoms with Crippen molar-refractivity contribution in [3.8, 4) is 0 Å². The molecule has 0 saturated carbocycles. The van der Waals surface area contributed by atoms with Crippen LogP contribution in [0.3, 0.4) is 0 Å². The van der Waals surface area contributed by atoms with E-state index in [4.69, 9.17) is 5.73 Å². The number of nitrogens with zero attached hydrogens (tertiary/aromatic N) is 1. The number of nitrogens with two attached hydrogens (primary N) is 1. The van der Waals surface area contributed by atoms with E-state index < -0.39 is 0 Å². The highest BCUT2D eigenvalue weighted by atomic mass is 79.9. The second-order valence-electron chi connectivity index (χ2n) is 4.01. The molecular formula is C10H16BrClN2O. The first-order valence-corrected chi connectivity index (χ1v) is 5.25.